The Labute approximate surface area is 102 Å². The van der Waals surface area contributed by atoms with Crippen molar-refractivity contribution in [2.24, 2.45) is 4.99 Å². The highest BCUT2D eigenvalue weighted by molar-refractivity contribution is 5.81. The van der Waals surface area contributed by atoms with Gasteiger partial charge in [0, 0.05) is 12.6 Å². The van der Waals surface area contributed by atoms with E-state index in [9.17, 15) is 0 Å². The number of likely N-dealkylation sites (N-methyl/N-ethyl adjacent to an activating group) is 1. The van der Waals surface area contributed by atoms with Crippen molar-refractivity contribution in [1.29, 1.82) is 0 Å². The number of furan rings is 1. The van der Waals surface area contributed by atoms with Crippen LogP contribution in [0.25, 0.3) is 0 Å². The monoisotopic (exact) mass is 236 g/mol. The number of nitrogens with one attached hydrogen (secondary N) is 2. The molecule has 2 N–H and O–H groups in total. The molecule has 1 aliphatic rings. The number of hydrogen-bond acceptors (Lipinski definition) is 5. The molecule has 94 valence electrons. The normalized spacial score (nSPS) is 21.2. The smallest absolute Gasteiger partial charge is 0.191 e. The Hall–Kier alpha value is -1.49. The molecule has 5 heteroatoms. The average molecular weight is 236 g/mol. The van der Waals surface area contributed by atoms with Crippen LogP contribution in [0.3, 0.4) is 0 Å². The molecule has 0 spiro atoms. The Kier molecular flexibility index (Phi) is 3.68. The summed E-state index contributed by atoms with van der Waals surface area (Å²) < 4.78 is 5.45. The number of nitrogens with zero attached hydrogens (tertiary/aromatic N) is 2. The molecule has 2 atom stereocenters. The van der Waals surface area contributed by atoms with Gasteiger partial charge in [0.2, 0.25) is 0 Å². The van der Waals surface area contributed by atoms with E-state index in [4.69, 9.17) is 4.42 Å². The molecule has 0 saturated heterocycles. The Morgan fingerprint density at radius 2 is 2.47 bits per heavy atom. The van der Waals surface area contributed by atoms with Crippen molar-refractivity contribution >= 4 is 5.96 Å². The van der Waals surface area contributed by atoms with Gasteiger partial charge in [-0.2, -0.15) is 0 Å². The van der Waals surface area contributed by atoms with Crippen LogP contribution in [0.15, 0.2) is 27.8 Å². The molecule has 0 aliphatic carbocycles. The van der Waals surface area contributed by atoms with Crippen molar-refractivity contribution in [1.82, 2.24) is 15.5 Å². The third-order valence-corrected chi connectivity index (χ3v) is 2.86. The summed E-state index contributed by atoms with van der Waals surface area (Å²) in [6.45, 7) is 3.74. The van der Waals surface area contributed by atoms with E-state index in [1.165, 1.54) is 0 Å². The van der Waals surface area contributed by atoms with Gasteiger partial charge >= 0.3 is 0 Å². The summed E-state index contributed by atoms with van der Waals surface area (Å²) in [6, 6.07) is 4.56. The minimum atomic E-state index is 0.213. The summed E-state index contributed by atoms with van der Waals surface area (Å²) in [4.78, 5) is 6.50. The molecule has 0 bridgehead atoms. The predicted octanol–water partition coefficient (Wildman–Crippen LogP) is 0.820. The summed E-state index contributed by atoms with van der Waals surface area (Å²) in [5, 5.41) is 6.60. The first-order valence-corrected chi connectivity index (χ1v) is 5.91. The molecule has 1 aliphatic heterocycles. The third-order valence-electron chi connectivity index (χ3n) is 2.86. The zero-order valence-corrected chi connectivity index (χ0v) is 10.6. The molecule has 1 aromatic heterocycles. The van der Waals surface area contributed by atoms with Crippen molar-refractivity contribution in [3.05, 3.63) is 24.2 Å². The lowest BCUT2D eigenvalue weighted by atomic mass is 10.2. The Balaban J connectivity index is 1.91. The van der Waals surface area contributed by atoms with Crippen LogP contribution < -0.4 is 10.6 Å². The van der Waals surface area contributed by atoms with Gasteiger partial charge in [0.1, 0.15) is 5.76 Å². The Bertz CT molecular complexity index is 372. The van der Waals surface area contributed by atoms with Crippen molar-refractivity contribution in [2.75, 3.05) is 27.2 Å². The van der Waals surface area contributed by atoms with Gasteiger partial charge in [0.25, 0.3) is 0 Å². The second-order valence-corrected chi connectivity index (χ2v) is 4.61. The van der Waals surface area contributed by atoms with Gasteiger partial charge < -0.3 is 15.1 Å². The number of hydrogen-bond donors (Lipinski definition) is 2. The molecule has 0 aromatic carbocycles. The predicted molar refractivity (Wildman–Crippen MR) is 68.0 cm³/mol. The summed E-state index contributed by atoms with van der Waals surface area (Å²) in [5.74, 6) is 1.85. The molecule has 17 heavy (non-hydrogen) atoms. The molecule has 0 fully saturated rings. The van der Waals surface area contributed by atoms with Crippen molar-refractivity contribution < 1.29 is 4.42 Å². The number of rotatable bonds is 4. The third kappa shape index (κ3) is 3.00. The summed E-state index contributed by atoms with van der Waals surface area (Å²) in [7, 11) is 4.09. The van der Waals surface area contributed by atoms with Crippen molar-refractivity contribution in [2.45, 2.75) is 19.0 Å². The molecule has 5 nitrogen and oxygen atoms in total. The highest BCUT2D eigenvalue weighted by Crippen LogP contribution is 2.17. The standard InChI is InChI=1S/C12H20N4O/c1-9-7-13-12(15-9)14-8-10(16(2)3)11-5-4-6-17-11/h4-6,9-10H,7-8H2,1-3H3,(H2,13,14,15). The SMILES string of the molecule is CC1CN=C(NCC(c2ccco2)N(C)C)N1. The maximum atomic E-state index is 5.45. The van der Waals surface area contributed by atoms with Crippen molar-refractivity contribution in [3.8, 4) is 0 Å². The quantitative estimate of drug-likeness (QED) is 0.812. The molecular formula is C12H20N4O. The van der Waals surface area contributed by atoms with E-state index in [1.54, 1.807) is 6.26 Å². The molecule has 0 amide bonds. The first-order chi connectivity index (χ1) is 8.16. The van der Waals surface area contributed by atoms with Gasteiger partial charge in [0.05, 0.1) is 18.8 Å². The molecule has 0 saturated carbocycles. The molecule has 2 rings (SSSR count). The van der Waals surface area contributed by atoms with E-state index in [0.717, 1.165) is 24.8 Å². The fourth-order valence-corrected chi connectivity index (χ4v) is 1.87. The lowest BCUT2D eigenvalue weighted by Crippen LogP contribution is -2.41. The van der Waals surface area contributed by atoms with Crippen LogP contribution in [-0.2, 0) is 0 Å². The van der Waals surface area contributed by atoms with Crippen LogP contribution in [0.2, 0.25) is 0 Å². The molecule has 2 unspecified atom stereocenters. The van der Waals surface area contributed by atoms with Crippen molar-refractivity contribution in [3.63, 3.8) is 0 Å². The number of guanidine groups is 1. The van der Waals surface area contributed by atoms with E-state index in [1.807, 2.05) is 26.2 Å². The number of aliphatic imine (C=N–C) groups is 1. The maximum Gasteiger partial charge on any atom is 0.191 e. The first kappa shape index (κ1) is 12.0. The molecular weight excluding hydrogens is 216 g/mol. The molecule has 2 heterocycles. The fourth-order valence-electron chi connectivity index (χ4n) is 1.87. The Morgan fingerprint density at radius 1 is 1.65 bits per heavy atom. The van der Waals surface area contributed by atoms with Crippen LogP contribution in [0, 0.1) is 0 Å². The second kappa shape index (κ2) is 5.23. The van der Waals surface area contributed by atoms with Crippen LogP contribution in [0.4, 0.5) is 0 Å². The second-order valence-electron chi connectivity index (χ2n) is 4.61. The van der Waals surface area contributed by atoms with E-state index in [-0.39, 0.29) is 6.04 Å². The molecule has 0 radical (unpaired) electrons. The minimum absolute atomic E-state index is 0.213. The summed E-state index contributed by atoms with van der Waals surface area (Å²) >= 11 is 0. The van der Waals surface area contributed by atoms with Gasteiger partial charge in [-0.05, 0) is 33.2 Å². The van der Waals surface area contributed by atoms with E-state index in [0.29, 0.717) is 6.04 Å². The highest BCUT2D eigenvalue weighted by Gasteiger charge is 2.19. The maximum absolute atomic E-state index is 5.45. The zero-order valence-electron chi connectivity index (χ0n) is 10.6. The fraction of sp³-hybridized carbons (Fsp3) is 0.583. The van der Waals surface area contributed by atoms with Crippen LogP contribution in [-0.4, -0.2) is 44.1 Å². The topological polar surface area (TPSA) is 52.8 Å². The minimum Gasteiger partial charge on any atom is -0.468 e. The summed E-state index contributed by atoms with van der Waals surface area (Å²) in [5.41, 5.74) is 0. The van der Waals surface area contributed by atoms with E-state index < -0.39 is 0 Å². The lowest BCUT2D eigenvalue weighted by Gasteiger charge is -2.23. The van der Waals surface area contributed by atoms with E-state index in [2.05, 4.69) is 27.4 Å². The van der Waals surface area contributed by atoms with Gasteiger partial charge in [-0.15, -0.1) is 0 Å². The largest absolute Gasteiger partial charge is 0.468 e. The lowest BCUT2D eigenvalue weighted by molar-refractivity contribution is 0.258. The van der Waals surface area contributed by atoms with Crippen LogP contribution in [0.5, 0.6) is 0 Å². The van der Waals surface area contributed by atoms with Gasteiger partial charge in [-0.1, -0.05) is 0 Å². The van der Waals surface area contributed by atoms with E-state index >= 15 is 0 Å². The zero-order chi connectivity index (χ0) is 12.3. The Morgan fingerprint density at radius 3 is 3.00 bits per heavy atom. The van der Waals surface area contributed by atoms with Gasteiger partial charge in [-0.3, -0.25) is 9.89 Å². The summed E-state index contributed by atoms with van der Waals surface area (Å²) in [6.07, 6.45) is 1.71. The van der Waals surface area contributed by atoms with Gasteiger partial charge in [-0.25, -0.2) is 0 Å². The first-order valence-electron chi connectivity index (χ1n) is 5.91. The average Bonchev–Trinajstić information content (AvgIpc) is 2.90. The van der Waals surface area contributed by atoms with Crippen LogP contribution in [0.1, 0.15) is 18.7 Å². The van der Waals surface area contributed by atoms with Crippen LogP contribution >= 0.6 is 0 Å². The molecule has 1 aromatic rings. The highest BCUT2D eigenvalue weighted by atomic mass is 16.3. The van der Waals surface area contributed by atoms with Gasteiger partial charge in [0.15, 0.2) is 5.96 Å².